The van der Waals surface area contributed by atoms with E-state index >= 15 is 0 Å². The molecule has 1 aliphatic heterocycles. The molecule has 1 amide bonds. The molecule has 0 aromatic heterocycles. The predicted molar refractivity (Wildman–Crippen MR) is 68.6 cm³/mol. The zero-order valence-corrected chi connectivity index (χ0v) is 10.4. The molecule has 4 heteroatoms. The van der Waals surface area contributed by atoms with Crippen molar-refractivity contribution in [2.24, 2.45) is 0 Å². The fraction of sp³-hybridized carbons (Fsp3) is 0.286. The third-order valence-electron chi connectivity index (χ3n) is 2.94. The number of rotatable bonds is 2. The molecule has 0 saturated carbocycles. The summed E-state index contributed by atoms with van der Waals surface area (Å²) in [4.78, 5) is 24.8. The van der Waals surface area contributed by atoms with Crippen LogP contribution in [0.4, 0.5) is 5.69 Å². The van der Waals surface area contributed by atoms with Crippen LogP contribution in [0.25, 0.3) is 0 Å². The Labute approximate surface area is 106 Å². The Morgan fingerprint density at radius 1 is 1.33 bits per heavy atom. The lowest BCUT2D eigenvalue weighted by atomic mass is 10.0. The molecule has 1 aliphatic rings. The molecular weight excluding hydrogens is 230 g/mol. The van der Waals surface area contributed by atoms with Gasteiger partial charge in [0, 0.05) is 18.3 Å². The van der Waals surface area contributed by atoms with Crippen molar-refractivity contribution in [1.29, 1.82) is 0 Å². The highest BCUT2D eigenvalue weighted by Crippen LogP contribution is 2.36. The molecule has 4 nitrogen and oxygen atoms in total. The van der Waals surface area contributed by atoms with Gasteiger partial charge in [-0.05, 0) is 25.5 Å². The number of para-hydroxylation sites is 1. The first kappa shape index (κ1) is 12.4. The van der Waals surface area contributed by atoms with Crippen LogP contribution in [0.3, 0.4) is 0 Å². The Morgan fingerprint density at radius 3 is 2.61 bits per heavy atom. The second-order valence-electron chi connectivity index (χ2n) is 4.62. The van der Waals surface area contributed by atoms with E-state index in [0.717, 1.165) is 5.57 Å². The predicted octanol–water partition coefficient (Wildman–Crippen LogP) is 2.17. The van der Waals surface area contributed by atoms with Gasteiger partial charge in [-0.15, -0.1) is 0 Å². The number of fused-ring (bicyclic) bond motifs is 1. The summed E-state index contributed by atoms with van der Waals surface area (Å²) in [5, 5.41) is 9.19. The Balaban J connectivity index is 2.40. The largest absolute Gasteiger partial charge is 0.481 e. The number of carboxylic acids is 1. The van der Waals surface area contributed by atoms with Crippen molar-refractivity contribution >= 4 is 17.6 Å². The smallest absolute Gasteiger partial charge is 0.312 e. The number of aliphatic carboxylic acids is 1. The van der Waals surface area contributed by atoms with Gasteiger partial charge in [0.05, 0.1) is 0 Å². The highest BCUT2D eigenvalue weighted by atomic mass is 16.4. The van der Waals surface area contributed by atoms with E-state index in [-0.39, 0.29) is 12.5 Å². The van der Waals surface area contributed by atoms with E-state index < -0.39 is 11.9 Å². The monoisotopic (exact) mass is 245 g/mol. The molecule has 1 aromatic carbocycles. The number of nitrogens with zero attached hydrogens (tertiary/aromatic N) is 1. The maximum absolute atomic E-state index is 12.0. The highest BCUT2D eigenvalue weighted by Gasteiger charge is 2.35. The maximum Gasteiger partial charge on any atom is 0.312 e. The van der Waals surface area contributed by atoms with Gasteiger partial charge in [0.15, 0.2) is 0 Å². The van der Waals surface area contributed by atoms with Crippen LogP contribution in [0.1, 0.15) is 25.3 Å². The van der Waals surface area contributed by atoms with Crippen molar-refractivity contribution in [3.05, 3.63) is 41.5 Å². The van der Waals surface area contributed by atoms with Gasteiger partial charge in [0.25, 0.3) is 5.91 Å². The number of carbonyl (C=O) groups excluding carboxylic acids is 1. The number of benzene rings is 1. The SMILES string of the molecule is CC(C)=CC(=O)N1CC(C(=O)O)c2ccccc21. The Bertz CT molecular complexity index is 530. The van der Waals surface area contributed by atoms with E-state index in [9.17, 15) is 14.7 Å². The number of carboxylic acid groups (broad SMARTS) is 1. The molecule has 2 rings (SSSR count). The molecule has 1 N–H and O–H groups in total. The van der Waals surface area contributed by atoms with Gasteiger partial charge in [-0.1, -0.05) is 23.8 Å². The van der Waals surface area contributed by atoms with Crippen LogP contribution in [-0.4, -0.2) is 23.5 Å². The van der Waals surface area contributed by atoms with E-state index in [1.54, 1.807) is 18.2 Å². The molecule has 0 radical (unpaired) electrons. The second kappa shape index (κ2) is 4.64. The van der Waals surface area contributed by atoms with E-state index in [4.69, 9.17) is 0 Å². The van der Waals surface area contributed by atoms with Gasteiger partial charge >= 0.3 is 5.97 Å². The lowest BCUT2D eigenvalue weighted by Gasteiger charge is -2.15. The summed E-state index contributed by atoms with van der Waals surface area (Å²) < 4.78 is 0. The fourth-order valence-electron chi connectivity index (χ4n) is 2.15. The maximum atomic E-state index is 12.0. The second-order valence-corrected chi connectivity index (χ2v) is 4.62. The molecule has 1 unspecified atom stereocenters. The van der Waals surface area contributed by atoms with Gasteiger partial charge in [-0.2, -0.15) is 0 Å². The first-order valence-electron chi connectivity index (χ1n) is 5.79. The van der Waals surface area contributed by atoms with Gasteiger partial charge in [-0.25, -0.2) is 0 Å². The van der Waals surface area contributed by atoms with Crippen LogP contribution in [0.2, 0.25) is 0 Å². The highest BCUT2D eigenvalue weighted by molar-refractivity contribution is 6.05. The lowest BCUT2D eigenvalue weighted by Crippen LogP contribution is -2.29. The quantitative estimate of drug-likeness (QED) is 0.812. The molecule has 18 heavy (non-hydrogen) atoms. The van der Waals surface area contributed by atoms with Gasteiger partial charge in [0.1, 0.15) is 5.92 Å². The molecule has 1 atom stereocenters. The summed E-state index contributed by atoms with van der Waals surface area (Å²) in [5.41, 5.74) is 2.31. The average molecular weight is 245 g/mol. The van der Waals surface area contributed by atoms with Crippen LogP contribution in [-0.2, 0) is 9.59 Å². The number of hydrogen-bond acceptors (Lipinski definition) is 2. The third-order valence-corrected chi connectivity index (χ3v) is 2.94. The zero-order valence-electron chi connectivity index (χ0n) is 10.4. The summed E-state index contributed by atoms with van der Waals surface area (Å²) in [6.07, 6.45) is 1.53. The van der Waals surface area contributed by atoms with Crippen molar-refractivity contribution in [1.82, 2.24) is 0 Å². The minimum atomic E-state index is -0.894. The molecule has 1 aromatic rings. The van der Waals surface area contributed by atoms with Crippen LogP contribution < -0.4 is 4.90 Å². The molecular formula is C14H15NO3. The lowest BCUT2D eigenvalue weighted by molar-refractivity contribution is -0.138. The number of hydrogen-bond donors (Lipinski definition) is 1. The first-order valence-corrected chi connectivity index (χ1v) is 5.79. The molecule has 0 aliphatic carbocycles. The number of amides is 1. The van der Waals surface area contributed by atoms with E-state index in [0.29, 0.717) is 11.3 Å². The van der Waals surface area contributed by atoms with E-state index in [2.05, 4.69) is 0 Å². The summed E-state index contributed by atoms with van der Waals surface area (Å²) in [6.45, 7) is 3.89. The molecule has 1 heterocycles. The normalized spacial score (nSPS) is 17.2. The van der Waals surface area contributed by atoms with Crippen LogP contribution >= 0.6 is 0 Å². The van der Waals surface area contributed by atoms with Crippen molar-refractivity contribution in [3.8, 4) is 0 Å². The Hall–Kier alpha value is -2.10. The minimum Gasteiger partial charge on any atom is -0.481 e. The minimum absolute atomic E-state index is 0.161. The van der Waals surface area contributed by atoms with Gasteiger partial charge in [0.2, 0.25) is 0 Å². The summed E-state index contributed by atoms with van der Waals surface area (Å²) >= 11 is 0. The van der Waals surface area contributed by atoms with E-state index in [1.165, 1.54) is 11.0 Å². The Kier molecular flexibility index (Phi) is 3.19. The summed E-state index contributed by atoms with van der Waals surface area (Å²) in [5.74, 6) is -1.68. The molecule has 0 bridgehead atoms. The summed E-state index contributed by atoms with van der Waals surface area (Å²) in [7, 11) is 0. The Morgan fingerprint density at radius 2 is 2.00 bits per heavy atom. The zero-order chi connectivity index (χ0) is 13.3. The van der Waals surface area contributed by atoms with E-state index in [1.807, 2.05) is 19.9 Å². The van der Waals surface area contributed by atoms with Crippen molar-refractivity contribution in [2.75, 3.05) is 11.4 Å². The molecule has 0 saturated heterocycles. The molecule has 0 spiro atoms. The van der Waals surface area contributed by atoms with Crippen molar-refractivity contribution in [3.63, 3.8) is 0 Å². The van der Waals surface area contributed by atoms with Crippen LogP contribution in [0.5, 0.6) is 0 Å². The summed E-state index contributed by atoms with van der Waals surface area (Å²) in [6, 6.07) is 7.16. The third kappa shape index (κ3) is 2.14. The first-order chi connectivity index (χ1) is 8.50. The average Bonchev–Trinajstić information content (AvgIpc) is 2.67. The van der Waals surface area contributed by atoms with Gasteiger partial charge in [-0.3, -0.25) is 9.59 Å². The topological polar surface area (TPSA) is 57.6 Å². The van der Waals surface area contributed by atoms with Crippen molar-refractivity contribution in [2.45, 2.75) is 19.8 Å². The van der Waals surface area contributed by atoms with Crippen LogP contribution in [0.15, 0.2) is 35.9 Å². The number of carbonyl (C=O) groups is 2. The number of allylic oxidation sites excluding steroid dienone is 1. The standard InChI is InChI=1S/C14H15NO3/c1-9(2)7-13(16)15-8-11(14(17)18)10-5-3-4-6-12(10)15/h3-7,11H,8H2,1-2H3,(H,17,18). The molecule has 0 fully saturated rings. The number of anilines is 1. The van der Waals surface area contributed by atoms with Crippen molar-refractivity contribution < 1.29 is 14.7 Å². The van der Waals surface area contributed by atoms with Crippen LogP contribution in [0, 0.1) is 0 Å². The van der Waals surface area contributed by atoms with Gasteiger partial charge < -0.3 is 10.0 Å². The fourth-order valence-corrected chi connectivity index (χ4v) is 2.15. The molecule has 94 valence electrons.